The average Bonchev–Trinajstić information content (AvgIpc) is 2.47. The molecule has 4 nitrogen and oxygen atoms in total. The van der Waals surface area contributed by atoms with Crippen molar-refractivity contribution < 1.29 is 9.90 Å². The van der Waals surface area contributed by atoms with Crippen LogP contribution in [0.3, 0.4) is 0 Å². The normalized spacial score (nSPS) is 22.0. The molecule has 1 aliphatic carbocycles. The quantitative estimate of drug-likeness (QED) is 0.753. The molecule has 0 bridgehead atoms. The zero-order valence-corrected chi connectivity index (χ0v) is 12.8. The first kappa shape index (κ1) is 16.0. The number of rotatable bonds is 6. The number of anilines is 1. The van der Waals surface area contributed by atoms with E-state index in [0.29, 0.717) is 18.4 Å². The van der Waals surface area contributed by atoms with Crippen LogP contribution in [0.5, 0.6) is 0 Å². The second-order valence-electron chi connectivity index (χ2n) is 6.04. The Bertz CT molecular complexity index is 462. The van der Waals surface area contributed by atoms with Gasteiger partial charge in [0.1, 0.15) is 0 Å². The maximum atomic E-state index is 11.9. The number of carbonyl (C=O) groups excluding carboxylic acids is 1. The first-order valence-corrected chi connectivity index (χ1v) is 7.87. The molecule has 0 radical (unpaired) electrons. The Balaban J connectivity index is 1.71. The second-order valence-corrected chi connectivity index (χ2v) is 6.04. The smallest absolute Gasteiger partial charge is 0.238 e. The summed E-state index contributed by atoms with van der Waals surface area (Å²) in [6, 6.07) is 7.80. The van der Waals surface area contributed by atoms with Gasteiger partial charge in [-0.05, 0) is 55.8 Å². The van der Waals surface area contributed by atoms with Gasteiger partial charge in [-0.2, -0.15) is 0 Å². The van der Waals surface area contributed by atoms with Gasteiger partial charge in [0.15, 0.2) is 0 Å². The minimum atomic E-state index is -0.0167. The zero-order valence-electron chi connectivity index (χ0n) is 12.8. The third-order valence-corrected chi connectivity index (χ3v) is 4.29. The molecule has 2 rings (SSSR count). The summed E-state index contributed by atoms with van der Waals surface area (Å²) in [6.07, 6.45) is 4.71. The maximum Gasteiger partial charge on any atom is 0.238 e. The molecule has 1 aromatic carbocycles. The van der Waals surface area contributed by atoms with Crippen molar-refractivity contribution in [2.24, 2.45) is 11.8 Å². The van der Waals surface area contributed by atoms with Crippen molar-refractivity contribution in [2.75, 3.05) is 25.0 Å². The number of amides is 1. The van der Waals surface area contributed by atoms with Crippen LogP contribution >= 0.6 is 0 Å². The van der Waals surface area contributed by atoms with E-state index in [-0.39, 0.29) is 12.5 Å². The number of aliphatic hydroxyl groups is 1. The van der Waals surface area contributed by atoms with Crippen molar-refractivity contribution in [2.45, 2.75) is 32.6 Å². The number of aryl methyl sites for hydroxylation is 1. The molecule has 4 heteroatoms. The molecule has 0 saturated heterocycles. The van der Waals surface area contributed by atoms with Crippen LogP contribution in [0.15, 0.2) is 24.3 Å². The monoisotopic (exact) mass is 290 g/mol. The molecule has 21 heavy (non-hydrogen) atoms. The number of aliphatic hydroxyl groups excluding tert-OH is 1. The molecule has 1 aromatic rings. The minimum Gasteiger partial charge on any atom is -0.396 e. The standard InChI is InChI=1S/C17H26N2O2/c1-13-5-4-8-16(9-13)19-17(21)11-18-10-14-6-2-3-7-15(14)12-20/h4-5,8-9,14-15,18,20H,2-3,6-7,10-12H2,1H3,(H,19,21). The zero-order chi connectivity index (χ0) is 15.1. The van der Waals surface area contributed by atoms with Crippen molar-refractivity contribution >= 4 is 11.6 Å². The van der Waals surface area contributed by atoms with Crippen LogP contribution in [-0.4, -0.2) is 30.7 Å². The van der Waals surface area contributed by atoms with E-state index in [2.05, 4.69) is 10.6 Å². The minimum absolute atomic E-state index is 0.0167. The van der Waals surface area contributed by atoms with Crippen LogP contribution in [-0.2, 0) is 4.79 Å². The van der Waals surface area contributed by atoms with E-state index in [0.717, 1.165) is 30.6 Å². The highest BCUT2D eigenvalue weighted by molar-refractivity contribution is 5.92. The lowest BCUT2D eigenvalue weighted by Gasteiger charge is -2.30. The van der Waals surface area contributed by atoms with Gasteiger partial charge in [0.2, 0.25) is 5.91 Å². The van der Waals surface area contributed by atoms with Gasteiger partial charge in [-0.3, -0.25) is 4.79 Å². The molecule has 0 aromatic heterocycles. The van der Waals surface area contributed by atoms with Crippen molar-refractivity contribution in [3.05, 3.63) is 29.8 Å². The van der Waals surface area contributed by atoms with E-state index in [1.807, 2.05) is 31.2 Å². The van der Waals surface area contributed by atoms with Crippen LogP contribution in [0, 0.1) is 18.8 Å². The maximum absolute atomic E-state index is 11.9. The Morgan fingerprint density at radius 1 is 1.29 bits per heavy atom. The van der Waals surface area contributed by atoms with E-state index in [1.54, 1.807) is 0 Å². The lowest BCUT2D eigenvalue weighted by atomic mass is 9.79. The summed E-state index contributed by atoms with van der Waals surface area (Å²) in [5.74, 6) is 0.874. The predicted octanol–water partition coefficient (Wildman–Crippen LogP) is 2.32. The van der Waals surface area contributed by atoms with Gasteiger partial charge >= 0.3 is 0 Å². The highest BCUT2D eigenvalue weighted by atomic mass is 16.3. The van der Waals surface area contributed by atoms with Crippen LogP contribution < -0.4 is 10.6 Å². The van der Waals surface area contributed by atoms with Crippen LogP contribution in [0.4, 0.5) is 5.69 Å². The summed E-state index contributed by atoms with van der Waals surface area (Å²) in [5.41, 5.74) is 1.97. The third kappa shape index (κ3) is 5.14. The first-order valence-electron chi connectivity index (χ1n) is 7.87. The van der Waals surface area contributed by atoms with Gasteiger partial charge < -0.3 is 15.7 Å². The fourth-order valence-electron chi connectivity index (χ4n) is 3.09. The van der Waals surface area contributed by atoms with Crippen molar-refractivity contribution in [1.82, 2.24) is 5.32 Å². The molecule has 1 amide bonds. The van der Waals surface area contributed by atoms with E-state index < -0.39 is 0 Å². The van der Waals surface area contributed by atoms with Gasteiger partial charge in [0.25, 0.3) is 0 Å². The van der Waals surface area contributed by atoms with Crippen LogP contribution in [0.25, 0.3) is 0 Å². The molecule has 1 fully saturated rings. The van der Waals surface area contributed by atoms with Crippen molar-refractivity contribution in [3.8, 4) is 0 Å². The van der Waals surface area contributed by atoms with E-state index in [9.17, 15) is 9.90 Å². The highest BCUT2D eigenvalue weighted by Gasteiger charge is 2.24. The number of carbonyl (C=O) groups is 1. The summed E-state index contributed by atoms with van der Waals surface area (Å²) in [7, 11) is 0. The Labute approximate surface area is 126 Å². The van der Waals surface area contributed by atoms with Crippen molar-refractivity contribution in [1.29, 1.82) is 0 Å². The summed E-state index contributed by atoms with van der Waals surface area (Å²) in [6.45, 7) is 3.41. The Morgan fingerprint density at radius 3 is 2.76 bits per heavy atom. The number of benzene rings is 1. The average molecular weight is 290 g/mol. The molecule has 0 spiro atoms. The topological polar surface area (TPSA) is 61.4 Å². The molecule has 0 aliphatic heterocycles. The highest BCUT2D eigenvalue weighted by Crippen LogP contribution is 2.28. The molecule has 3 N–H and O–H groups in total. The molecule has 1 saturated carbocycles. The second kappa shape index (κ2) is 8.15. The molecular weight excluding hydrogens is 264 g/mol. The van der Waals surface area contributed by atoms with Gasteiger partial charge in [0.05, 0.1) is 6.54 Å². The fraction of sp³-hybridized carbons (Fsp3) is 0.588. The summed E-state index contributed by atoms with van der Waals surface area (Å²) in [5, 5.41) is 15.5. The predicted molar refractivity (Wildman–Crippen MR) is 85.2 cm³/mol. The summed E-state index contributed by atoms with van der Waals surface area (Å²) >= 11 is 0. The van der Waals surface area contributed by atoms with Crippen LogP contribution in [0.2, 0.25) is 0 Å². The first-order chi connectivity index (χ1) is 10.2. The third-order valence-electron chi connectivity index (χ3n) is 4.29. The van der Waals surface area contributed by atoms with Gasteiger partial charge in [0, 0.05) is 12.3 Å². The largest absolute Gasteiger partial charge is 0.396 e. The van der Waals surface area contributed by atoms with Gasteiger partial charge in [-0.1, -0.05) is 25.0 Å². The SMILES string of the molecule is Cc1cccc(NC(=O)CNCC2CCCCC2CO)c1. The Kier molecular flexibility index (Phi) is 6.21. The number of nitrogens with one attached hydrogen (secondary N) is 2. The molecule has 2 unspecified atom stereocenters. The molecule has 0 heterocycles. The number of hydrogen-bond acceptors (Lipinski definition) is 3. The molecular formula is C17H26N2O2. The summed E-state index contributed by atoms with van der Waals surface area (Å²) < 4.78 is 0. The van der Waals surface area contributed by atoms with E-state index >= 15 is 0 Å². The fourth-order valence-corrected chi connectivity index (χ4v) is 3.09. The van der Waals surface area contributed by atoms with Gasteiger partial charge in [-0.15, -0.1) is 0 Å². The Hall–Kier alpha value is -1.39. The van der Waals surface area contributed by atoms with Gasteiger partial charge in [-0.25, -0.2) is 0 Å². The molecule has 2 atom stereocenters. The molecule has 116 valence electrons. The lowest BCUT2D eigenvalue weighted by Crippen LogP contribution is -2.36. The molecule has 1 aliphatic rings. The van der Waals surface area contributed by atoms with Crippen LogP contribution in [0.1, 0.15) is 31.2 Å². The van der Waals surface area contributed by atoms with Crippen molar-refractivity contribution in [3.63, 3.8) is 0 Å². The van der Waals surface area contributed by atoms with E-state index in [4.69, 9.17) is 0 Å². The van der Waals surface area contributed by atoms with E-state index in [1.165, 1.54) is 12.8 Å². The summed E-state index contributed by atoms with van der Waals surface area (Å²) in [4.78, 5) is 11.9. The number of hydrogen-bond donors (Lipinski definition) is 3. The Morgan fingerprint density at radius 2 is 2.05 bits per heavy atom. The lowest BCUT2D eigenvalue weighted by molar-refractivity contribution is -0.115.